The number of aromatic nitrogens is 7. The number of amides is 1. The molecule has 0 spiro atoms. The third-order valence-electron chi connectivity index (χ3n) is 9.12. The molecule has 1 aliphatic carbocycles. The Kier molecular flexibility index (Phi) is 8.14. The van der Waals surface area contributed by atoms with Gasteiger partial charge in [0.15, 0.2) is 12.0 Å². The largest absolute Gasteiger partial charge is 0.618 e. The molecule has 240 valence electrons. The normalized spacial score (nSPS) is 19.8. The summed E-state index contributed by atoms with van der Waals surface area (Å²) < 4.78 is 19.2. The summed E-state index contributed by atoms with van der Waals surface area (Å²) in [6.45, 7) is 0.763. The highest BCUT2D eigenvalue weighted by atomic mass is 35.5. The molecule has 2 unspecified atom stereocenters. The van der Waals surface area contributed by atoms with E-state index in [1.54, 1.807) is 34.0 Å². The number of pyridine rings is 1. The SMILES string of the molecule is O=C(O)C1CCCN(C(=O)[C@H]2C[C@@H]2CC(c2ccc(-c3c(-n4cnnn4)ccc(Cl)c3F)c[n+]2[O-])n2cc(-c3ccccc3)cn2)C1. The van der Waals surface area contributed by atoms with Crippen molar-refractivity contribution in [2.75, 3.05) is 13.1 Å². The van der Waals surface area contributed by atoms with Crippen molar-refractivity contribution < 1.29 is 23.8 Å². The number of aliphatic carboxylic acids is 1. The Morgan fingerprint density at radius 2 is 1.94 bits per heavy atom. The van der Waals surface area contributed by atoms with Crippen LogP contribution in [0, 0.1) is 28.8 Å². The molecule has 5 aromatic rings. The first kappa shape index (κ1) is 30.5. The maximum atomic E-state index is 15.5. The number of rotatable bonds is 9. The summed E-state index contributed by atoms with van der Waals surface area (Å²) in [5.41, 5.74) is 2.85. The number of halogens is 2. The molecule has 14 heteroatoms. The molecule has 3 aromatic heterocycles. The quantitative estimate of drug-likeness (QED) is 0.180. The molecule has 47 heavy (non-hydrogen) atoms. The van der Waals surface area contributed by atoms with E-state index in [9.17, 15) is 19.9 Å². The zero-order valence-electron chi connectivity index (χ0n) is 25.1. The summed E-state index contributed by atoms with van der Waals surface area (Å²) in [7, 11) is 0. The highest BCUT2D eigenvalue weighted by Crippen LogP contribution is 2.47. The van der Waals surface area contributed by atoms with Crippen LogP contribution in [0.5, 0.6) is 0 Å². The van der Waals surface area contributed by atoms with Crippen molar-refractivity contribution in [3.63, 3.8) is 0 Å². The molecular weight excluding hydrogens is 627 g/mol. The van der Waals surface area contributed by atoms with Crippen LogP contribution in [-0.2, 0) is 9.59 Å². The van der Waals surface area contributed by atoms with Crippen LogP contribution < -0.4 is 4.73 Å². The number of tetrazole rings is 1. The number of carboxylic acids is 1. The van der Waals surface area contributed by atoms with Crippen molar-refractivity contribution in [1.82, 2.24) is 34.9 Å². The average molecular weight is 657 g/mol. The molecule has 1 saturated carbocycles. The maximum Gasteiger partial charge on any atom is 0.308 e. The van der Waals surface area contributed by atoms with E-state index >= 15 is 4.39 Å². The van der Waals surface area contributed by atoms with Gasteiger partial charge in [0.25, 0.3) is 0 Å². The van der Waals surface area contributed by atoms with Crippen LogP contribution in [0.2, 0.25) is 5.02 Å². The molecule has 1 aliphatic heterocycles. The van der Waals surface area contributed by atoms with E-state index in [-0.39, 0.29) is 40.4 Å². The number of carboxylic acid groups (broad SMARTS) is 1. The lowest BCUT2D eigenvalue weighted by Gasteiger charge is -2.31. The molecule has 0 radical (unpaired) electrons. The van der Waals surface area contributed by atoms with Gasteiger partial charge in [-0.2, -0.15) is 14.5 Å². The van der Waals surface area contributed by atoms with Crippen molar-refractivity contribution in [1.29, 1.82) is 0 Å². The Morgan fingerprint density at radius 1 is 1.11 bits per heavy atom. The van der Waals surface area contributed by atoms with Crippen molar-refractivity contribution >= 4 is 23.5 Å². The summed E-state index contributed by atoms with van der Waals surface area (Å²) in [5.74, 6) is -2.48. The maximum absolute atomic E-state index is 15.5. The Morgan fingerprint density at radius 3 is 2.68 bits per heavy atom. The number of carbonyl (C=O) groups excluding carboxylic acids is 1. The van der Waals surface area contributed by atoms with E-state index in [0.29, 0.717) is 48.3 Å². The number of piperidine rings is 1. The highest BCUT2D eigenvalue weighted by Gasteiger charge is 2.48. The standard InChI is InChI=1S/C33H30ClFN8O4/c34-26-9-11-28(42-19-36-38-39-42)30(31(26)35)21-8-10-27(43(47)18-21)29(41-17-24(15-37-41)20-5-2-1-3-6-20)14-23-13-25(23)32(44)40-12-4-7-22(16-40)33(45)46/h1-3,5-6,8-11,15,17-19,22-23,25,29H,4,7,12-14,16H2,(H,45,46)/t22?,23-,25+,29?/m1/s1. The van der Waals surface area contributed by atoms with E-state index in [1.165, 1.54) is 23.3 Å². The molecule has 12 nitrogen and oxygen atoms in total. The monoisotopic (exact) mass is 656 g/mol. The molecule has 1 saturated heterocycles. The fraction of sp³-hybridized carbons (Fsp3) is 0.303. The second-order valence-corrected chi connectivity index (χ2v) is 12.5. The van der Waals surface area contributed by atoms with Crippen LogP contribution in [0.15, 0.2) is 79.5 Å². The van der Waals surface area contributed by atoms with Gasteiger partial charge in [-0.1, -0.05) is 41.9 Å². The van der Waals surface area contributed by atoms with Gasteiger partial charge < -0.3 is 15.2 Å². The van der Waals surface area contributed by atoms with Crippen molar-refractivity contribution in [3.8, 4) is 27.9 Å². The van der Waals surface area contributed by atoms with Crippen LogP contribution in [0.3, 0.4) is 0 Å². The van der Waals surface area contributed by atoms with Crippen LogP contribution in [0.1, 0.15) is 37.4 Å². The first-order valence-corrected chi connectivity index (χ1v) is 15.7. The predicted octanol–water partition coefficient (Wildman–Crippen LogP) is 4.56. The lowest BCUT2D eigenvalue weighted by Crippen LogP contribution is -2.43. The third kappa shape index (κ3) is 6.06. The number of likely N-dealkylation sites (tertiary alicyclic amines) is 1. The molecule has 2 aliphatic rings. The van der Waals surface area contributed by atoms with Gasteiger partial charge in [0.05, 0.1) is 34.0 Å². The first-order chi connectivity index (χ1) is 22.8. The fourth-order valence-electron chi connectivity index (χ4n) is 6.54. The van der Waals surface area contributed by atoms with Gasteiger partial charge in [0, 0.05) is 36.8 Å². The number of benzene rings is 2. The van der Waals surface area contributed by atoms with Gasteiger partial charge in [-0.05, 0) is 65.8 Å². The second-order valence-electron chi connectivity index (χ2n) is 12.1. The van der Waals surface area contributed by atoms with Crippen molar-refractivity contribution in [2.24, 2.45) is 17.8 Å². The number of hydrogen-bond donors (Lipinski definition) is 1. The van der Waals surface area contributed by atoms with Crippen molar-refractivity contribution in [2.45, 2.75) is 31.7 Å². The minimum atomic E-state index is -0.881. The topological polar surface area (TPSA) is 146 Å². The Bertz CT molecular complexity index is 1940. The lowest BCUT2D eigenvalue weighted by molar-refractivity contribution is -0.615. The Hall–Kier alpha value is -5.17. The van der Waals surface area contributed by atoms with Crippen LogP contribution in [-0.4, -0.2) is 65.0 Å². The van der Waals surface area contributed by atoms with Gasteiger partial charge in [-0.3, -0.25) is 14.3 Å². The van der Waals surface area contributed by atoms with E-state index in [4.69, 9.17) is 11.6 Å². The summed E-state index contributed by atoms with van der Waals surface area (Å²) in [5, 5.41) is 39.0. The average Bonchev–Trinajstić information content (AvgIpc) is 3.41. The van der Waals surface area contributed by atoms with Gasteiger partial charge in [0.2, 0.25) is 11.6 Å². The highest BCUT2D eigenvalue weighted by molar-refractivity contribution is 6.31. The number of carbonyl (C=O) groups is 2. The summed E-state index contributed by atoms with van der Waals surface area (Å²) in [6, 6.07) is 15.5. The first-order valence-electron chi connectivity index (χ1n) is 15.3. The molecule has 4 heterocycles. The molecule has 2 aromatic carbocycles. The minimum absolute atomic E-state index is 0.0291. The zero-order chi connectivity index (χ0) is 32.7. The van der Waals surface area contributed by atoms with E-state index in [0.717, 1.165) is 11.1 Å². The third-order valence-corrected chi connectivity index (χ3v) is 9.41. The second kappa shape index (κ2) is 12.6. The molecular formula is C33H30ClFN8O4. The molecule has 1 N–H and O–H groups in total. The zero-order valence-corrected chi connectivity index (χ0v) is 25.8. The van der Waals surface area contributed by atoms with Gasteiger partial charge in [-0.15, -0.1) is 5.10 Å². The Balaban J connectivity index is 1.21. The van der Waals surface area contributed by atoms with Gasteiger partial charge >= 0.3 is 5.97 Å². The smallest absolute Gasteiger partial charge is 0.308 e. The van der Waals surface area contributed by atoms with E-state index in [1.807, 2.05) is 36.5 Å². The molecule has 7 rings (SSSR count). The molecule has 0 bridgehead atoms. The molecule has 4 atom stereocenters. The van der Waals surface area contributed by atoms with Gasteiger partial charge in [0.1, 0.15) is 12.4 Å². The lowest BCUT2D eigenvalue weighted by atomic mass is 9.97. The van der Waals surface area contributed by atoms with Crippen LogP contribution in [0.4, 0.5) is 4.39 Å². The number of nitrogens with zero attached hydrogens (tertiary/aromatic N) is 8. The van der Waals surface area contributed by atoms with Crippen LogP contribution in [0.25, 0.3) is 27.9 Å². The Labute approximate surface area is 273 Å². The van der Waals surface area contributed by atoms with Crippen molar-refractivity contribution in [3.05, 3.63) is 101 Å². The number of hydrogen-bond acceptors (Lipinski definition) is 7. The minimum Gasteiger partial charge on any atom is -0.618 e. The fourth-order valence-corrected chi connectivity index (χ4v) is 6.70. The van der Waals surface area contributed by atoms with Gasteiger partial charge in [-0.25, -0.2) is 4.39 Å². The predicted molar refractivity (Wildman–Crippen MR) is 167 cm³/mol. The van der Waals surface area contributed by atoms with Crippen LogP contribution >= 0.6 is 11.6 Å². The summed E-state index contributed by atoms with van der Waals surface area (Å²) in [6.07, 6.45) is 8.53. The van der Waals surface area contributed by atoms with E-state index in [2.05, 4.69) is 20.6 Å². The van der Waals surface area contributed by atoms with E-state index < -0.39 is 23.7 Å². The molecule has 1 amide bonds. The summed E-state index contributed by atoms with van der Waals surface area (Å²) in [4.78, 5) is 26.7. The molecule has 2 fully saturated rings. The summed E-state index contributed by atoms with van der Waals surface area (Å²) >= 11 is 6.14.